The Morgan fingerprint density at radius 1 is 1.13 bits per heavy atom. The van der Waals surface area contributed by atoms with Crippen molar-refractivity contribution in [3.05, 3.63) is 88.4 Å². The summed E-state index contributed by atoms with van der Waals surface area (Å²) in [5, 5.41) is 28.2. The zero-order chi connectivity index (χ0) is 27.6. The number of Topliss-reactive ketones (excluding diaryl/α,β-unsaturated/α-hetero) is 1. The Morgan fingerprint density at radius 3 is 2.56 bits per heavy atom. The topological polar surface area (TPSA) is 129 Å². The maximum atomic E-state index is 13.7. The van der Waals surface area contributed by atoms with E-state index in [2.05, 4.69) is 36.2 Å². The van der Waals surface area contributed by atoms with Gasteiger partial charge in [-0.05, 0) is 35.1 Å². The summed E-state index contributed by atoms with van der Waals surface area (Å²) in [7, 11) is 0. The van der Waals surface area contributed by atoms with Crippen LogP contribution in [0.3, 0.4) is 0 Å². The van der Waals surface area contributed by atoms with Gasteiger partial charge in [0.15, 0.2) is 10.1 Å². The van der Waals surface area contributed by atoms with E-state index in [4.69, 9.17) is 15.7 Å². The van der Waals surface area contributed by atoms with Crippen LogP contribution in [0.15, 0.2) is 81.6 Å². The Kier molecular flexibility index (Phi) is 7.42. The van der Waals surface area contributed by atoms with E-state index in [-0.39, 0.29) is 22.8 Å². The fraction of sp³-hybridized carbons (Fsp3) is 0.276. The van der Waals surface area contributed by atoms with Crippen LogP contribution < -0.4 is 15.4 Å². The first-order valence-electron chi connectivity index (χ1n) is 12.4. The van der Waals surface area contributed by atoms with Crippen LogP contribution in [0.2, 0.25) is 0 Å². The molecule has 39 heavy (non-hydrogen) atoms. The molecule has 0 spiro atoms. The fourth-order valence-electron chi connectivity index (χ4n) is 5.00. The molecule has 0 amide bonds. The van der Waals surface area contributed by atoms with Gasteiger partial charge in [-0.3, -0.25) is 9.69 Å². The van der Waals surface area contributed by atoms with Gasteiger partial charge in [0.1, 0.15) is 18.2 Å². The van der Waals surface area contributed by atoms with Gasteiger partial charge in [-0.2, -0.15) is 10.5 Å². The van der Waals surface area contributed by atoms with E-state index >= 15 is 0 Å². The van der Waals surface area contributed by atoms with Crippen molar-refractivity contribution in [2.75, 3.05) is 10.7 Å². The number of nitrogens with two attached hydrogens (primary N) is 1. The molecular formula is C29H26N6O2S2. The highest BCUT2D eigenvalue weighted by Crippen LogP contribution is 2.50. The van der Waals surface area contributed by atoms with Crippen molar-refractivity contribution in [3.63, 3.8) is 0 Å². The maximum absolute atomic E-state index is 13.7. The molecule has 2 aliphatic rings. The third kappa shape index (κ3) is 5.40. The van der Waals surface area contributed by atoms with Gasteiger partial charge in [0.05, 0.1) is 29.4 Å². The number of thioether (sulfide) groups is 1. The summed E-state index contributed by atoms with van der Waals surface area (Å²) in [5.74, 6) is 0.579. The average molecular weight is 555 g/mol. The molecule has 5 rings (SSSR count). The van der Waals surface area contributed by atoms with Crippen LogP contribution in [-0.4, -0.2) is 21.7 Å². The summed E-state index contributed by atoms with van der Waals surface area (Å²) in [4.78, 5) is 15.4. The highest BCUT2D eigenvalue weighted by Gasteiger charge is 2.45. The van der Waals surface area contributed by atoms with E-state index in [9.17, 15) is 10.1 Å². The van der Waals surface area contributed by atoms with Crippen LogP contribution in [0.5, 0.6) is 5.75 Å². The summed E-state index contributed by atoms with van der Waals surface area (Å²) in [5.41, 5.74) is 9.85. The molecule has 0 saturated heterocycles. The normalized spacial score (nSPS) is 18.4. The number of ketones is 1. The van der Waals surface area contributed by atoms with E-state index in [0.717, 1.165) is 16.8 Å². The summed E-state index contributed by atoms with van der Waals surface area (Å²) in [6.07, 6.45) is 0.953. The van der Waals surface area contributed by atoms with Gasteiger partial charge < -0.3 is 10.5 Å². The lowest BCUT2D eigenvalue weighted by atomic mass is 9.68. The van der Waals surface area contributed by atoms with Gasteiger partial charge in [0, 0.05) is 17.7 Å². The second-order valence-electron chi connectivity index (χ2n) is 10.1. The minimum atomic E-state index is -0.589. The van der Waals surface area contributed by atoms with Gasteiger partial charge in [-0.15, -0.1) is 10.2 Å². The molecule has 1 aliphatic carbocycles. The fourth-order valence-corrected chi connectivity index (χ4v) is 6.55. The molecule has 0 fully saturated rings. The quantitative estimate of drug-likeness (QED) is 0.367. The summed E-state index contributed by atoms with van der Waals surface area (Å²) < 4.78 is 6.56. The zero-order valence-electron chi connectivity index (χ0n) is 21.5. The van der Waals surface area contributed by atoms with Gasteiger partial charge in [-0.25, -0.2) is 0 Å². The second kappa shape index (κ2) is 10.9. The summed E-state index contributed by atoms with van der Waals surface area (Å²) in [6.45, 7) is 4.54. The van der Waals surface area contributed by atoms with E-state index in [0.29, 0.717) is 45.8 Å². The lowest BCUT2D eigenvalue weighted by molar-refractivity contribution is -0.118. The summed E-state index contributed by atoms with van der Waals surface area (Å²) in [6, 6.07) is 21.8. The summed E-state index contributed by atoms with van der Waals surface area (Å²) >= 11 is 2.57. The van der Waals surface area contributed by atoms with Crippen molar-refractivity contribution in [1.29, 1.82) is 10.5 Å². The smallest absolute Gasteiger partial charge is 0.219 e. The molecule has 196 valence electrons. The molecule has 3 aromatic rings. The Hall–Kier alpha value is -4.12. The highest BCUT2D eigenvalue weighted by atomic mass is 32.2. The number of aromatic nitrogens is 2. The number of hydrogen-bond donors (Lipinski definition) is 1. The van der Waals surface area contributed by atoms with Crippen molar-refractivity contribution in [3.8, 4) is 17.9 Å². The third-order valence-electron chi connectivity index (χ3n) is 6.69. The number of allylic oxidation sites excluding steroid dienone is 3. The molecule has 1 aliphatic heterocycles. The molecule has 1 unspecified atom stereocenters. The SMILES string of the molecule is CC1(C)CC(=O)C2=C(C1)N(c1nnc(SCC#N)s1)C(N)=C(C#N)C2c1ccc(OCc2ccccc2)cc1. The molecule has 10 heteroatoms. The molecule has 2 heterocycles. The van der Waals surface area contributed by atoms with E-state index in [1.54, 1.807) is 4.90 Å². The van der Waals surface area contributed by atoms with E-state index < -0.39 is 5.92 Å². The molecular weight excluding hydrogens is 528 g/mol. The van der Waals surface area contributed by atoms with Crippen LogP contribution in [-0.2, 0) is 11.4 Å². The van der Waals surface area contributed by atoms with Gasteiger partial charge >= 0.3 is 0 Å². The number of ether oxygens (including phenoxy) is 1. The Balaban J connectivity index is 1.53. The van der Waals surface area contributed by atoms with Crippen LogP contribution in [0.1, 0.15) is 43.7 Å². The standard InChI is InChI=1S/C29H26N6O2S2/c1-29(2)14-22-25(23(36)15-29)24(19-8-10-20(11-9-19)37-17-18-6-4-3-5-7-18)21(16-31)26(32)35(22)27-33-34-28(39-27)38-13-12-30/h3-11,24H,13-15,17,32H2,1-2H3. The molecule has 1 atom stereocenters. The molecule has 0 bridgehead atoms. The number of carbonyl (C=O) groups is 1. The first-order chi connectivity index (χ1) is 18.8. The highest BCUT2D eigenvalue weighted by molar-refractivity contribution is 8.01. The van der Waals surface area contributed by atoms with Gasteiger partial charge in [-0.1, -0.05) is 79.4 Å². The number of hydrogen-bond acceptors (Lipinski definition) is 10. The maximum Gasteiger partial charge on any atom is 0.219 e. The second-order valence-corrected chi connectivity index (χ2v) is 12.3. The minimum absolute atomic E-state index is 0.00972. The number of nitrogens with zero attached hydrogens (tertiary/aromatic N) is 5. The number of anilines is 1. The van der Waals surface area contributed by atoms with Crippen LogP contribution in [0.4, 0.5) is 5.13 Å². The van der Waals surface area contributed by atoms with Crippen LogP contribution >= 0.6 is 23.1 Å². The van der Waals surface area contributed by atoms with Crippen molar-refractivity contribution in [1.82, 2.24) is 10.2 Å². The lowest BCUT2D eigenvalue weighted by Gasteiger charge is -2.42. The van der Waals surface area contributed by atoms with E-state index in [1.807, 2.05) is 54.6 Å². The number of benzene rings is 2. The predicted molar refractivity (Wildman–Crippen MR) is 151 cm³/mol. The third-order valence-corrected chi connectivity index (χ3v) is 8.60. The number of carbonyl (C=O) groups excluding carboxylic acids is 1. The van der Waals surface area contributed by atoms with Crippen molar-refractivity contribution in [2.45, 2.75) is 43.6 Å². The van der Waals surface area contributed by atoms with Crippen LogP contribution in [0.25, 0.3) is 0 Å². The Labute approximate surface area is 235 Å². The van der Waals surface area contributed by atoms with Crippen molar-refractivity contribution < 1.29 is 9.53 Å². The number of nitriles is 2. The molecule has 0 saturated carbocycles. The molecule has 8 nitrogen and oxygen atoms in total. The van der Waals surface area contributed by atoms with E-state index in [1.165, 1.54) is 23.1 Å². The van der Waals surface area contributed by atoms with Gasteiger partial charge in [0.2, 0.25) is 5.13 Å². The lowest BCUT2D eigenvalue weighted by Crippen LogP contribution is -2.42. The Morgan fingerprint density at radius 2 is 1.87 bits per heavy atom. The first kappa shape index (κ1) is 26.5. The molecule has 2 aromatic carbocycles. The minimum Gasteiger partial charge on any atom is -0.489 e. The van der Waals surface area contributed by atoms with Crippen molar-refractivity contribution in [2.24, 2.45) is 11.1 Å². The monoisotopic (exact) mass is 554 g/mol. The molecule has 0 radical (unpaired) electrons. The largest absolute Gasteiger partial charge is 0.489 e. The molecule has 1 aromatic heterocycles. The first-order valence-corrected chi connectivity index (χ1v) is 14.2. The Bertz CT molecular complexity index is 1540. The molecule has 2 N–H and O–H groups in total. The average Bonchev–Trinajstić information content (AvgIpc) is 3.38. The number of rotatable bonds is 7. The predicted octanol–water partition coefficient (Wildman–Crippen LogP) is 5.67. The van der Waals surface area contributed by atoms with Gasteiger partial charge in [0.25, 0.3) is 0 Å². The van der Waals surface area contributed by atoms with Crippen molar-refractivity contribution >= 4 is 34.0 Å². The zero-order valence-corrected chi connectivity index (χ0v) is 23.2. The van der Waals surface area contributed by atoms with Crippen LogP contribution in [0, 0.1) is 28.1 Å².